The van der Waals surface area contributed by atoms with E-state index in [1.807, 2.05) is 0 Å². The summed E-state index contributed by atoms with van der Waals surface area (Å²) in [5.41, 5.74) is 7.45. The van der Waals surface area contributed by atoms with Crippen molar-refractivity contribution < 1.29 is 9.53 Å². The molecule has 2 N–H and O–H groups in total. The zero-order valence-corrected chi connectivity index (χ0v) is 11.5. The number of hydrogen-bond donors (Lipinski definition) is 1. The summed E-state index contributed by atoms with van der Waals surface area (Å²) in [6, 6.07) is 6.68. The topological polar surface area (TPSA) is 65.2 Å². The minimum atomic E-state index is -0.478. The lowest BCUT2D eigenvalue weighted by Crippen LogP contribution is -2.04. The van der Waals surface area contributed by atoms with Crippen LogP contribution in [0.2, 0.25) is 10.0 Å². The van der Waals surface area contributed by atoms with Crippen LogP contribution < -0.4 is 5.73 Å². The highest BCUT2D eigenvalue weighted by molar-refractivity contribution is 6.42. The first-order valence-electron chi connectivity index (χ1n) is 5.32. The van der Waals surface area contributed by atoms with E-state index in [1.54, 1.807) is 24.3 Å². The summed E-state index contributed by atoms with van der Waals surface area (Å²) >= 11 is 11.8. The molecule has 0 aliphatic rings. The smallest absolute Gasteiger partial charge is 0.339 e. The quantitative estimate of drug-likeness (QED) is 0.862. The standard InChI is InChI=1S/C13H10Cl2N2O2/c1-19-13(18)8-4-9(12(16)17-6-8)7-2-3-10(14)11(15)5-7/h2-6H,1H3,(H2,16,17). The Balaban J connectivity index is 2.54. The van der Waals surface area contributed by atoms with Crippen LogP contribution in [-0.4, -0.2) is 18.1 Å². The van der Waals surface area contributed by atoms with Crippen LogP contribution in [-0.2, 0) is 4.74 Å². The van der Waals surface area contributed by atoms with Crippen LogP contribution in [0.3, 0.4) is 0 Å². The zero-order chi connectivity index (χ0) is 14.0. The van der Waals surface area contributed by atoms with Crippen molar-refractivity contribution in [3.05, 3.63) is 46.1 Å². The Labute approximate surface area is 120 Å². The van der Waals surface area contributed by atoms with Crippen molar-refractivity contribution in [3.63, 3.8) is 0 Å². The molecule has 0 amide bonds. The van der Waals surface area contributed by atoms with Crippen LogP contribution >= 0.6 is 23.2 Å². The number of benzene rings is 1. The van der Waals surface area contributed by atoms with Gasteiger partial charge in [-0.25, -0.2) is 9.78 Å². The van der Waals surface area contributed by atoms with E-state index in [-0.39, 0.29) is 0 Å². The van der Waals surface area contributed by atoms with Crippen LogP contribution in [0.4, 0.5) is 5.82 Å². The van der Waals surface area contributed by atoms with E-state index >= 15 is 0 Å². The maximum Gasteiger partial charge on any atom is 0.339 e. The summed E-state index contributed by atoms with van der Waals surface area (Å²) in [6.07, 6.45) is 1.36. The molecule has 0 aliphatic carbocycles. The molecule has 0 saturated heterocycles. The van der Waals surface area contributed by atoms with Crippen molar-refractivity contribution in [2.75, 3.05) is 12.8 Å². The molecule has 2 rings (SSSR count). The Morgan fingerprint density at radius 3 is 2.63 bits per heavy atom. The van der Waals surface area contributed by atoms with Crippen molar-refractivity contribution in [3.8, 4) is 11.1 Å². The van der Waals surface area contributed by atoms with Crippen LogP contribution in [0.15, 0.2) is 30.5 Å². The number of halogens is 2. The zero-order valence-electron chi connectivity index (χ0n) is 9.98. The number of pyridine rings is 1. The highest BCUT2D eigenvalue weighted by Crippen LogP contribution is 2.31. The first-order valence-corrected chi connectivity index (χ1v) is 6.07. The van der Waals surface area contributed by atoms with E-state index in [9.17, 15) is 4.79 Å². The third-order valence-electron chi connectivity index (χ3n) is 2.57. The van der Waals surface area contributed by atoms with Crippen molar-refractivity contribution >= 4 is 35.0 Å². The van der Waals surface area contributed by atoms with Crippen molar-refractivity contribution in [1.29, 1.82) is 0 Å². The second-order valence-corrected chi connectivity index (χ2v) is 4.59. The molecule has 0 saturated carbocycles. The van der Waals surface area contributed by atoms with Gasteiger partial charge in [-0.1, -0.05) is 29.3 Å². The summed E-state index contributed by atoms with van der Waals surface area (Å²) in [6.45, 7) is 0. The minimum absolute atomic E-state index is 0.297. The van der Waals surface area contributed by atoms with Gasteiger partial charge >= 0.3 is 5.97 Å². The van der Waals surface area contributed by atoms with Crippen molar-refractivity contribution in [1.82, 2.24) is 4.98 Å². The third kappa shape index (κ3) is 2.80. The first kappa shape index (κ1) is 13.6. The van der Waals surface area contributed by atoms with Gasteiger partial charge in [0.2, 0.25) is 0 Å². The molecule has 98 valence electrons. The fourth-order valence-corrected chi connectivity index (χ4v) is 1.90. The number of hydrogen-bond acceptors (Lipinski definition) is 4. The summed E-state index contributed by atoms with van der Waals surface area (Å²) < 4.78 is 4.64. The number of esters is 1. The van der Waals surface area contributed by atoms with Gasteiger partial charge < -0.3 is 10.5 Å². The van der Waals surface area contributed by atoms with Gasteiger partial charge in [0.25, 0.3) is 0 Å². The van der Waals surface area contributed by atoms with Gasteiger partial charge in [0, 0.05) is 11.8 Å². The van der Waals surface area contributed by atoms with E-state index in [2.05, 4.69) is 9.72 Å². The van der Waals surface area contributed by atoms with Gasteiger partial charge in [0.1, 0.15) is 5.82 Å². The molecule has 0 bridgehead atoms. The number of nitrogen functional groups attached to an aromatic ring is 1. The van der Waals surface area contributed by atoms with Gasteiger partial charge in [0.15, 0.2) is 0 Å². The monoisotopic (exact) mass is 296 g/mol. The normalized spacial score (nSPS) is 10.3. The van der Waals surface area contributed by atoms with E-state index in [4.69, 9.17) is 28.9 Å². The van der Waals surface area contributed by atoms with Crippen LogP contribution in [0.25, 0.3) is 11.1 Å². The molecule has 2 aromatic rings. The van der Waals surface area contributed by atoms with Gasteiger partial charge in [-0.15, -0.1) is 0 Å². The number of aromatic nitrogens is 1. The second kappa shape index (κ2) is 5.47. The molecular formula is C13H10Cl2N2O2. The maximum absolute atomic E-state index is 11.5. The van der Waals surface area contributed by atoms with Crippen LogP contribution in [0.1, 0.15) is 10.4 Å². The Kier molecular flexibility index (Phi) is 3.93. The number of nitrogens with two attached hydrogens (primary N) is 1. The molecule has 19 heavy (non-hydrogen) atoms. The fraction of sp³-hybridized carbons (Fsp3) is 0.0769. The summed E-state index contributed by atoms with van der Waals surface area (Å²) in [5, 5.41) is 0.850. The highest BCUT2D eigenvalue weighted by atomic mass is 35.5. The third-order valence-corrected chi connectivity index (χ3v) is 3.31. The predicted molar refractivity (Wildman–Crippen MR) is 75.4 cm³/mol. The van der Waals surface area contributed by atoms with E-state index in [0.29, 0.717) is 27.0 Å². The second-order valence-electron chi connectivity index (χ2n) is 3.78. The molecule has 0 radical (unpaired) electrons. The molecule has 0 atom stereocenters. The van der Waals surface area contributed by atoms with Crippen LogP contribution in [0.5, 0.6) is 0 Å². The molecule has 0 fully saturated rings. The number of anilines is 1. The molecule has 0 spiro atoms. The molecular weight excluding hydrogens is 287 g/mol. The number of carbonyl (C=O) groups excluding carboxylic acids is 1. The number of nitrogens with zero attached hydrogens (tertiary/aromatic N) is 1. The van der Waals surface area contributed by atoms with E-state index < -0.39 is 5.97 Å². The first-order chi connectivity index (χ1) is 9.02. The number of carbonyl (C=O) groups is 1. The summed E-state index contributed by atoms with van der Waals surface area (Å²) in [7, 11) is 1.30. The number of ether oxygens (including phenoxy) is 1. The number of rotatable bonds is 2. The van der Waals surface area contributed by atoms with Gasteiger partial charge in [0.05, 0.1) is 22.7 Å². The summed E-state index contributed by atoms with van der Waals surface area (Å²) in [5.74, 6) is -0.181. The van der Waals surface area contributed by atoms with Gasteiger partial charge in [-0.05, 0) is 23.8 Å². The molecule has 1 heterocycles. The SMILES string of the molecule is COC(=O)c1cnc(N)c(-c2ccc(Cl)c(Cl)c2)c1. The number of methoxy groups -OCH3 is 1. The maximum atomic E-state index is 11.5. The van der Waals surface area contributed by atoms with Gasteiger partial charge in [-0.2, -0.15) is 0 Å². The Hall–Kier alpha value is -1.78. The molecule has 1 aromatic heterocycles. The largest absolute Gasteiger partial charge is 0.465 e. The lowest BCUT2D eigenvalue weighted by Gasteiger charge is -2.08. The minimum Gasteiger partial charge on any atom is -0.465 e. The van der Waals surface area contributed by atoms with E-state index in [1.165, 1.54) is 13.3 Å². The van der Waals surface area contributed by atoms with Crippen molar-refractivity contribution in [2.24, 2.45) is 0 Å². The van der Waals surface area contributed by atoms with Crippen LogP contribution in [0, 0.1) is 0 Å². The van der Waals surface area contributed by atoms with Crippen molar-refractivity contribution in [2.45, 2.75) is 0 Å². The predicted octanol–water partition coefficient (Wildman–Crippen LogP) is 3.42. The van der Waals surface area contributed by atoms with Gasteiger partial charge in [-0.3, -0.25) is 0 Å². The average molecular weight is 297 g/mol. The summed E-state index contributed by atoms with van der Waals surface area (Å²) in [4.78, 5) is 15.5. The molecule has 6 heteroatoms. The Morgan fingerprint density at radius 2 is 2.00 bits per heavy atom. The molecule has 4 nitrogen and oxygen atoms in total. The highest BCUT2D eigenvalue weighted by Gasteiger charge is 2.12. The fourth-order valence-electron chi connectivity index (χ4n) is 1.60. The molecule has 0 unspecified atom stereocenters. The Morgan fingerprint density at radius 1 is 1.26 bits per heavy atom. The lowest BCUT2D eigenvalue weighted by atomic mass is 10.0. The molecule has 1 aromatic carbocycles. The lowest BCUT2D eigenvalue weighted by molar-refractivity contribution is 0.0600. The van der Waals surface area contributed by atoms with E-state index in [0.717, 1.165) is 5.56 Å². The average Bonchev–Trinajstić information content (AvgIpc) is 2.41. The molecule has 0 aliphatic heterocycles. The Bertz CT molecular complexity index is 645.